The van der Waals surface area contributed by atoms with E-state index < -0.39 is 18.6 Å². The second-order valence-electron chi connectivity index (χ2n) is 9.54. The van der Waals surface area contributed by atoms with Gasteiger partial charge in [-0.1, -0.05) is 0 Å². The van der Waals surface area contributed by atoms with Crippen molar-refractivity contribution >= 4 is 16.9 Å². The number of aromatic nitrogens is 3. The lowest BCUT2D eigenvalue weighted by Gasteiger charge is -2.29. The van der Waals surface area contributed by atoms with Crippen LogP contribution in [-0.2, 0) is 0 Å². The number of hydrogen-bond donors (Lipinski definition) is 3. The summed E-state index contributed by atoms with van der Waals surface area (Å²) in [6.07, 6.45) is 0.919. The first kappa shape index (κ1) is 23.6. The number of fused-ring (bicyclic) bond motifs is 1. The highest BCUT2D eigenvalue weighted by Crippen LogP contribution is 2.38. The third-order valence-corrected chi connectivity index (χ3v) is 6.84. The maximum absolute atomic E-state index is 14.1. The number of H-pyrrole nitrogens is 1. The first-order valence-electron chi connectivity index (χ1n) is 11.9. The largest absolute Gasteiger partial charge is 0.493 e. The fraction of sp³-hybridized carbons (Fsp3) is 0.480. The Hall–Kier alpha value is -3.14. The molecule has 2 aliphatic rings. The Morgan fingerprint density at radius 2 is 2.06 bits per heavy atom. The zero-order valence-electron chi connectivity index (χ0n) is 19.4. The van der Waals surface area contributed by atoms with Crippen LogP contribution < -0.4 is 15.8 Å². The van der Waals surface area contributed by atoms with E-state index in [-0.39, 0.29) is 23.9 Å². The molecule has 2 aliphatic carbocycles. The van der Waals surface area contributed by atoms with Crippen molar-refractivity contribution in [2.45, 2.75) is 63.7 Å². The van der Waals surface area contributed by atoms with E-state index in [0.717, 1.165) is 12.8 Å². The minimum Gasteiger partial charge on any atom is -0.493 e. The first-order chi connectivity index (χ1) is 16.8. The zero-order chi connectivity index (χ0) is 24.7. The summed E-state index contributed by atoms with van der Waals surface area (Å²) in [5.41, 5.74) is 8.07. The van der Waals surface area contributed by atoms with Gasteiger partial charge in [-0.25, -0.2) is 23.1 Å². The van der Waals surface area contributed by atoms with Gasteiger partial charge in [-0.3, -0.25) is 4.79 Å². The Balaban J connectivity index is 1.50. The summed E-state index contributed by atoms with van der Waals surface area (Å²) in [6, 6.07) is 3.43. The van der Waals surface area contributed by atoms with Crippen LogP contribution in [0, 0.1) is 12.8 Å². The van der Waals surface area contributed by atoms with Gasteiger partial charge in [0.1, 0.15) is 29.5 Å². The van der Waals surface area contributed by atoms with Crippen LogP contribution in [0.5, 0.6) is 5.75 Å². The minimum absolute atomic E-state index is 0.150. The zero-order valence-corrected chi connectivity index (χ0v) is 19.4. The van der Waals surface area contributed by atoms with Gasteiger partial charge < -0.3 is 20.8 Å². The van der Waals surface area contributed by atoms with Crippen LogP contribution in [0.4, 0.5) is 13.2 Å². The molecule has 0 radical (unpaired) electrons. The molecule has 1 aromatic carbocycles. The lowest BCUT2D eigenvalue weighted by atomic mass is 9.90. The molecule has 5 rings (SSSR count). The van der Waals surface area contributed by atoms with Crippen LogP contribution in [0.1, 0.15) is 60.1 Å². The lowest BCUT2D eigenvalue weighted by Crippen LogP contribution is -2.46. The van der Waals surface area contributed by atoms with Crippen LogP contribution in [0.2, 0.25) is 0 Å². The van der Waals surface area contributed by atoms with Crippen molar-refractivity contribution in [1.82, 2.24) is 20.3 Å². The van der Waals surface area contributed by atoms with Gasteiger partial charge in [0.05, 0.1) is 17.7 Å². The van der Waals surface area contributed by atoms with Crippen molar-refractivity contribution in [2.24, 2.45) is 11.7 Å². The molecular formula is C25H28F3N5O2. The Labute approximate surface area is 200 Å². The molecule has 4 N–H and O–H groups in total. The molecule has 0 saturated heterocycles. The average molecular weight is 488 g/mol. The Kier molecular flexibility index (Phi) is 6.39. The highest BCUT2D eigenvalue weighted by Gasteiger charge is 2.31. The maximum atomic E-state index is 14.1. The molecule has 0 spiro atoms. The van der Waals surface area contributed by atoms with Crippen LogP contribution >= 0.6 is 0 Å². The van der Waals surface area contributed by atoms with Gasteiger partial charge in [-0.05, 0) is 56.7 Å². The monoisotopic (exact) mass is 487 g/mol. The number of aryl methyl sites for hydroxylation is 1. The van der Waals surface area contributed by atoms with Crippen molar-refractivity contribution in [3.05, 3.63) is 41.3 Å². The number of benzene rings is 1. The Morgan fingerprint density at radius 1 is 1.26 bits per heavy atom. The first-order valence-corrected chi connectivity index (χ1v) is 11.9. The van der Waals surface area contributed by atoms with Crippen molar-refractivity contribution in [2.75, 3.05) is 6.61 Å². The van der Waals surface area contributed by atoms with Crippen molar-refractivity contribution in [1.29, 1.82) is 0 Å². The van der Waals surface area contributed by atoms with E-state index >= 15 is 0 Å². The number of carbonyl (C=O) groups is 1. The number of nitrogens with one attached hydrogen (secondary N) is 2. The molecule has 1 amide bonds. The van der Waals surface area contributed by atoms with E-state index in [2.05, 4.69) is 20.3 Å². The summed E-state index contributed by atoms with van der Waals surface area (Å²) in [7, 11) is 0. The number of carbonyl (C=O) groups excluding carboxylic acids is 1. The van der Waals surface area contributed by atoms with E-state index in [1.165, 1.54) is 24.5 Å². The molecule has 2 heterocycles. The van der Waals surface area contributed by atoms with E-state index in [1.54, 1.807) is 6.92 Å². The third-order valence-electron chi connectivity index (χ3n) is 6.84. The summed E-state index contributed by atoms with van der Waals surface area (Å²) in [4.78, 5) is 25.0. The van der Waals surface area contributed by atoms with E-state index in [4.69, 9.17) is 10.5 Å². The molecule has 3 atom stereocenters. The average Bonchev–Trinajstić information content (AvgIpc) is 3.59. The quantitative estimate of drug-likeness (QED) is 0.451. The Bertz CT molecular complexity index is 1240. The van der Waals surface area contributed by atoms with E-state index in [1.807, 2.05) is 0 Å². The fourth-order valence-electron chi connectivity index (χ4n) is 4.62. The number of alkyl halides is 3. The highest BCUT2D eigenvalue weighted by molar-refractivity contribution is 6.09. The highest BCUT2D eigenvalue weighted by atomic mass is 19.3. The van der Waals surface area contributed by atoms with Gasteiger partial charge in [-0.2, -0.15) is 0 Å². The number of halogens is 3. The summed E-state index contributed by atoms with van der Waals surface area (Å²) in [5, 5.41) is 2.90. The van der Waals surface area contributed by atoms with Gasteiger partial charge >= 0.3 is 0 Å². The molecule has 3 aromatic rings. The van der Waals surface area contributed by atoms with Gasteiger partial charge in [0.2, 0.25) is 0 Å². The van der Waals surface area contributed by atoms with Gasteiger partial charge in [-0.15, -0.1) is 0 Å². The number of amides is 1. The number of ether oxygens (including phenoxy) is 1. The van der Waals surface area contributed by atoms with Gasteiger partial charge in [0.25, 0.3) is 12.3 Å². The van der Waals surface area contributed by atoms with Crippen LogP contribution in [0.15, 0.2) is 24.5 Å². The standard InChI is InChI=1S/C25H28F3N5O2/c1-12-20(25(34)33-15-5-6-18(29)17(26)9-15)22-23(32-12)21(30-11-31-22)16-8-14(24(27)28)4-7-19(16)35-10-13-2-3-13/h4,7-8,11,13,15,17-18,24,32H,2-3,5-6,9-10,29H2,1H3,(H,33,34). The number of hydrogen-bond acceptors (Lipinski definition) is 5. The smallest absolute Gasteiger partial charge is 0.263 e. The molecular weight excluding hydrogens is 459 g/mol. The lowest BCUT2D eigenvalue weighted by molar-refractivity contribution is 0.0906. The molecule has 2 fully saturated rings. The summed E-state index contributed by atoms with van der Waals surface area (Å²) in [6.45, 7) is 2.24. The minimum atomic E-state index is -2.65. The van der Waals surface area contributed by atoms with Gasteiger partial charge in [0, 0.05) is 35.3 Å². The Morgan fingerprint density at radius 3 is 2.77 bits per heavy atom. The van der Waals surface area contributed by atoms with Crippen LogP contribution in [0.3, 0.4) is 0 Å². The second-order valence-corrected chi connectivity index (χ2v) is 9.54. The van der Waals surface area contributed by atoms with Crippen molar-refractivity contribution in [3.8, 4) is 17.0 Å². The molecule has 3 unspecified atom stereocenters. The molecule has 10 heteroatoms. The molecule has 0 aliphatic heterocycles. The molecule has 35 heavy (non-hydrogen) atoms. The number of aromatic amines is 1. The number of nitrogens with two attached hydrogens (primary N) is 1. The summed E-state index contributed by atoms with van der Waals surface area (Å²) < 4.78 is 47.1. The van der Waals surface area contributed by atoms with E-state index in [9.17, 15) is 18.0 Å². The normalized spacial score (nSPS) is 22.5. The summed E-state index contributed by atoms with van der Waals surface area (Å²) >= 11 is 0. The maximum Gasteiger partial charge on any atom is 0.263 e. The summed E-state index contributed by atoms with van der Waals surface area (Å²) in [5.74, 6) is 0.550. The second kappa shape index (κ2) is 9.49. The van der Waals surface area contributed by atoms with Gasteiger partial charge in [0.15, 0.2) is 0 Å². The van der Waals surface area contributed by atoms with E-state index in [0.29, 0.717) is 64.7 Å². The fourth-order valence-corrected chi connectivity index (χ4v) is 4.62. The topological polar surface area (TPSA) is 106 Å². The third kappa shape index (κ3) is 4.84. The molecule has 2 saturated carbocycles. The van der Waals surface area contributed by atoms with Crippen LogP contribution in [0.25, 0.3) is 22.3 Å². The molecule has 7 nitrogen and oxygen atoms in total. The molecule has 186 valence electrons. The predicted molar refractivity (Wildman–Crippen MR) is 125 cm³/mol. The number of nitrogens with zero attached hydrogens (tertiary/aromatic N) is 2. The number of rotatable bonds is 7. The SMILES string of the molecule is Cc1[nH]c2c(-c3cc(C(F)F)ccc3OCC3CC3)ncnc2c1C(=O)NC1CCC(N)C(F)C1. The van der Waals surface area contributed by atoms with Crippen LogP contribution in [-0.4, -0.2) is 45.7 Å². The van der Waals surface area contributed by atoms with Crippen molar-refractivity contribution in [3.63, 3.8) is 0 Å². The predicted octanol–water partition coefficient (Wildman–Crippen LogP) is 4.61. The van der Waals surface area contributed by atoms with Crippen molar-refractivity contribution < 1.29 is 22.7 Å². The molecule has 0 bridgehead atoms. The molecule has 2 aromatic heterocycles.